The molecule has 3 N–H and O–H groups in total. The maximum absolute atomic E-state index is 4.69. The molecule has 5 rings (SSSR count). The van der Waals surface area contributed by atoms with Crippen molar-refractivity contribution in [1.29, 1.82) is 0 Å². The molecule has 1 atom stereocenters. The molecule has 30 heavy (non-hydrogen) atoms. The normalized spacial score (nSPS) is 20.1. The van der Waals surface area contributed by atoms with Crippen LogP contribution < -0.4 is 10.6 Å². The molecule has 1 fully saturated rings. The third kappa shape index (κ3) is 3.53. The number of piperidine rings is 1. The second-order valence-electron chi connectivity index (χ2n) is 8.78. The molecule has 2 aliphatic rings. The Hall–Kier alpha value is -2.63. The van der Waals surface area contributed by atoms with Crippen LogP contribution in [0.25, 0.3) is 16.6 Å². The number of hydrogen-bond donors (Lipinski definition) is 3. The van der Waals surface area contributed by atoms with E-state index in [1.165, 1.54) is 51.7 Å². The second kappa shape index (κ2) is 7.89. The van der Waals surface area contributed by atoms with Crippen LogP contribution in [0.15, 0.2) is 42.7 Å². The zero-order valence-electron chi connectivity index (χ0n) is 18.1. The molecule has 4 heterocycles. The molecule has 2 aromatic heterocycles. The van der Waals surface area contributed by atoms with E-state index in [2.05, 4.69) is 77.9 Å². The van der Waals surface area contributed by atoms with Crippen molar-refractivity contribution in [3.05, 3.63) is 70.7 Å². The quantitative estimate of drug-likeness (QED) is 0.616. The van der Waals surface area contributed by atoms with Gasteiger partial charge in [-0.1, -0.05) is 31.2 Å². The minimum Gasteiger partial charge on any atom is -0.370 e. The van der Waals surface area contributed by atoms with E-state index in [1.54, 1.807) is 0 Å². The van der Waals surface area contributed by atoms with Crippen molar-refractivity contribution in [2.24, 2.45) is 0 Å². The first-order valence-corrected chi connectivity index (χ1v) is 11.1. The van der Waals surface area contributed by atoms with Crippen molar-refractivity contribution in [2.45, 2.75) is 45.3 Å². The Bertz CT molecular complexity index is 1090. The summed E-state index contributed by atoms with van der Waals surface area (Å²) in [6.07, 6.45) is 7.60. The maximum Gasteiger partial charge on any atom is 0.138 e. The molecule has 5 nitrogen and oxygen atoms in total. The maximum atomic E-state index is 4.69. The minimum absolute atomic E-state index is 0.0704. The predicted octanol–water partition coefficient (Wildman–Crippen LogP) is 4.11. The van der Waals surface area contributed by atoms with Gasteiger partial charge >= 0.3 is 0 Å². The van der Waals surface area contributed by atoms with Gasteiger partial charge in [0, 0.05) is 35.0 Å². The fraction of sp³-hybridized carbons (Fsp3) is 0.400. The number of rotatable bonds is 4. The average Bonchev–Trinajstić information content (AvgIpc) is 3.15. The van der Waals surface area contributed by atoms with Gasteiger partial charge in [-0.25, -0.2) is 4.98 Å². The van der Waals surface area contributed by atoms with Gasteiger partial charge in [-0.2, -0.15) is 0 Å². The molecule has 0 aliphatic carbocycles. The molecule has 1 aromatic carbocycles. The zero-order valence-corrected chi connectivity index (χ0v) is 18.1. The van der Waals surface area contributed by atoms with Crippen molar-refractivity contribution in [3.63, 3.8) is 0 Å². The van der Waals surface area contributed by atoms with Gasteiger partial charge < -0.3 is 15.2 Å². The lowest BCUT2D eigenvalue weighted by Crippen LogP contribution is -2.46. The van der Waals surface area contributed by atoms with Crippen LogP contribution in [-0.4, -0.2) is 41.0 Å². The summed E-state index contributed by atoms with van der Waals surface area (Å²) in [5.74, 6) is 0. The van der Waals surface area contributed by atoms with Gasteiger partial charge in [0.05, 0.1) is 5.69 Å². The molecule has 156 valence electrons. The van der Waals surface area contributed by atoms with Crippen LogP contribution in [0, 0.1) is 6.92 Å². The average molecular weight is 402 g/mol. The number of benzene rings is 1. The van der Waals surface area contributed by atoms with Crippen molar-refractivity contribution < 1.29 is 0 Å². The van der Waals surface area contributed by atoms with Crippen LogP contribution in [0.4, 0.5) is 0 Å². The van der Waals surface area contributed by atoms with Gasteiger partial charge in [0.15, 0.2) is 0 Å². The molecule has 1 unspecified atom stereocenters. The smallest absolute Gasteiger partial charge is 0.138 e. The molecule has 0 saturated carbocycles. The van der Waals surface area contributed by atoms with Crippen LogP contribution >= 0.6 is 0 Å². The lowest BCUT2D eigenvalue weighted by Gasteiger charge is -2.34. The summed E-state index contributed by atoms with van der Waals surface area (Å²) >= 11 is 0. The molecule has 5 heteroatoms. The number of aromatic nitrogens is 2. The van der Waals surface area contributed by atoms with Gasteiger partial charge in [0.2, 0.25) is 0 Å². The largest absolute Gasteiger partial charge is 0.370 e. The number of pyridine rings is 1. The Labute approximate surface area is 178 Å². The van der Waals surface area contributed by atoms with Gasteiger partial charge in [-0.15, -0.1) is 0 Å². The highest BCUT2D eigenvalue weighted by Gasteiger charge is 2.29. The minimum atomic E-state index is 0.0704. The van der Waals surface area contributed by atoms with Crippen LogP contribution in [0.2, 0.25) is 0 Å². The van der Waals surface area contributed by atoms with Gasteiger partial charge in [0.1, 0.15) is 11.8 Å². The van der Waals surface area contributed by atoms with Crippen molar-refractivity contribution in [3.8, 4) is 0 Å². The molecule has 0 amide bonds. The lowest BCUT2D eigenvalue weighted by atomic mass is 9.91. The van der Waals surface area contributed by atoms with Crippen LogP contribution in [-0.2, 0) is 6.42 Å². The monoisotopic (exact) mass is 401 g/mol. The van der Waals surface area contributed by atoms with Crippen LogP contribution in [0.1, 0.15) is 53.9 Å². The Balaban J connectivity index is 1.57. The fourth-order valence-corrected chi connectivity index (χ4v) is 4.75. The van der Waals surface area contributed by atoms with E-state index < -0.39 is 0 Å². The number of fused-ring (bicyclic) bond motifs is 3. The highest BCUT2D eigenvalue weighted by Crippen LogP contribution is 2.38. The number of aromatic amines is 1. The lowest BCUT2D eigenvalue weighted by molar-refractivity contribution is 0.219. The Morgan fingerprint density at radius 2 is 2.03 bits per heavy atom. The Morgan fingerprint density at radius 1 is 1.20 bits per heavy atom. The molecular formula is C25H31N5. The number of aryl methyl sites for hydroxylation is 2. The highest BCUT2D eigenvalue weighted by molar-refractivity contribution is 5.98. The summed E-state index contributed by atoms with van der Waals surface area (Å²) in [6.45, 7) is 6.62. The molecule has 0 radical (unpaired) electrons. The van der Waals surface area contributed by atoms with E-state index in [1.807, 2.05) is 6.20 Å². The van der Waals surface area contributed by atoms with Gasteiger partial charge in [-0.3, -0.25) is 5.32 Å². The predicted molar refractivity (Wildman–Crippen MR) is 123 cm³/mol. The fourth-order valence-electron chi connectivity index (χ4n) is 4.75. The molecule has 2 aliphatic heterocycles. The van der Waals surface area contributed by atoms with Crippen molar-refractivity contribution >= 4 is 16.6 Å². The first kappa shape index (κ1) is 19.3. The summed E-state index contributed by atoms with van der Waals surface area (Å²) in [7, 11) is 2.21. The number of likely N-dealkylation sites (tertiary alicyclic amines) is 1. The van der Waals surface area contributed by atoms with E-state index in [4.69, 9.17) is 4.98 Å². The molecule has 3 aromatic rings. The molecule has 0 spiro atoms. The van der Waals surface area contributed by atoms with Crippen LogP contribution in [0.5, 0.6) is 0 Å². The third-order valence-corrected chi connectivity index (χ3v) is 6.54. The third-order valence-electron chi connectivity index (χ3n) is 6.54. The highest BCUT2D eigenvalue weighted by atomic mass is 15.2. The first-order chi connectivity index (χ1) is 14.6. The van der Waals surface area contributed by atoms with Gasteiger partial charge in [-0.05, 0) is 69.1 Å². The van der Waals surface area contributed by atoms with Crippen molar-refractivity contribution in [2.75, 3.05) is 20.1 Å². The Morgan fingerprint density at radius 3 is 2.83 bits per heavy atom. The summed E-state index contributed by atoms with van der Waals surface area (Å²) in [6, 6.07) is 11.7. The van der Waals surface area contributed by atoms with E-state index in [-0.39, 0.29) is 6.17 Å². The molecule has 1 saturated heterocycles. The van der Waals surface area contributed by atoms with Crippen LogP contribution in [0.3, 0.4) is 0 Å². The summed E-state index contributed by atoms with van der Waals surface area (Å²) in [4.78, 5) is 10.7. The van der Waals surface area contributed by atoms with E-state index in [0.29, 0.717) is 6.04 Å². The number of nitrogens with one attached hydrogen (secondary N) is 3. The second-order valence-corrected chi connectivity index (χ2v) is 8.78. The standard InChI is InChI=1S/C25H31N5/c1-4-17-6-5-7-18(13-17)21-15-27-25(28-19-8-10-30(3)11-9-19)23-22(21)20-12-16(2)14-26-24(20)29-23/h5-7,12-15,19,25,27-28H,4,8-11H2,1-3H3,(H,26,29). The topological polar surface area (TPSA) is 56.0 Å². The zero-order chi connectivity index (χ0) is 20.7. The number of H-pyrrole nitrogens is 1. The number of nitrogens with zero attached hydrogens (tertiary/aromatic N) is 2. The first-order valence-electron chi connectivity index (χ1n) is 11.1. The number of hydrogen-bond acceptors (Lipinski definition) is 4. The van der Waals surface area contributed by atoms with E-state index in [9.17, 15) is 0 Å². The van der Waals surface area contributed by atoms with Gasteiger partial charge in [0.25, 0.3) is 0 Å². The molecular weight excluding hydrogens is 370 g/mol. The summed E-state index contributed by atoms with van der Waals surface area (Å²) in [5, 5.41) is 8.72. The van der Waals surface area contributed by atoms with E-state index in [0.717, 1.165) is 25.2 Å². The van der Waals surface area contributed by atoms with Crippen molar-refractivity contribution in [1.82, 2.24) is 25.5 Å². The Kier molecular flexibility index (Phi) is 5.09. The van der Waals surface area contributed by atoms with E-state index >= 15 is 0 Å². The summed E-state index contributed by atoms with van der Waals surface area (Å²) in [5.41, 5.74) is 8.46. The molecule has 0 bridgehead atoms. The SMILES string of the molecule is CCc1cccc(C2=CNC(NC3CCN(C)CC3)c3[nH]c4ncc(C)cc4c32)c1. The summed E-state index contributed by atoms with van der Waals surface area (Å²) < 4.78 is 0.